The van der Waals surface area contributed by atoms with Crippen molar-refractivity contribution < 1.29 is 34.4 Å². The Morgan fingerprint density at radius 1 is 1.04 bits per heavy atom. The summed E-state index contributed by atoms with van der Waals surface area (Å²) in [6.07, 6.45) is -0.721. The van der Waals surface area contributed by atoms with Crippen molar-refractivity contribution in [2.24, 2.45) is 0 Å². The van der Waals surface area contributed by atoms with Gasteiger partial charge in [-0.2, -0.15) is 0 Å². The third-order valence-electron chi connectivity index (χ3n) is 3.70. The number of amides is 1. The average molecular weight is 368 g/mol. The van der Waals surface area contributed by atoms with E-state index in [2.05, 4.69) is 4.90 Å². The van der Waals surface area contributed by atoms with Gasteiger partial charge in [0.1, 0.15) is 0 Å². The second-order valence-corrected chi connectivity index (χ2v) is 5.52. The summed E-state index contributed by atoms with van der Waals surface area (Å²) in [6.45, 7) is 5.66. The lowest BCUT2D eigenvalue weighted by molar-refractivity contribution is -0.159. The molecule has 0 radical (unpaired) electrons. The molecule has 1 unspecified atom stereocenters. The van der Waals surface area contributed by atoms with Crippen molar-refractivity contribution in [3.8, 4) is 0 Å². The number of carbonyl (C=O) groups excluding carboxylic acids is 1. The van der Waals surface area contributed by atoms with E-state index in [1.807, 2.05) is 37.3 Å². The van der Waals surface area contributed by atoms with Crippen LogP contribution in [0.15, 0.2) is 30.3 Å². The molecule has 1 saturated heterocycles. The first-order valence-corrected chi connectivity index (χ1v) is 8.18. The molecule has 1 amide bonds. The fraction of sp³-hybridized carbons (Fsp3) is 0.471. The molecule has 1 aromatic carbocycles. The van der Waals surface area contributed by atoms with E-state index < -0.39 is 18.0 Å². The zero-order chi connectivity index (χ0) is 19.5. The molecular formula is C17H24N2O7. The monoisotopic (exact) mass is 368 g/mol. The number of rotatable bonds is 4. The van der Waals surface area contributed by atoms with Gasteiger partial charge < -0.3 is 25.0 Å². The number of piperazine rings is 1. The van der Waals surface area contributed by atoms with Crippen molar-refractivity contribution in [3.63, 3.8) is 0 Å². The number of hydrogen-bond donors (Lipinski definition) is 3. The summed E-state index contributed by atoms with van der Waals surface area (Å²) in [7, 11) is 0. The van der Waals surface area contributed by atoms with Gasteiger partial charge in [0.2, 0.25) is 0 Å². The van der Waals surface area contributed by atoms with E-state index in [-0.39, 0.29) is 6.09 Å². The Balaban J connectivity index is 0.000000487. The summed E-state index contributed by atoms with van der Waals surface area (Å²) in [5.74, 6) is -3.65. The quantitative estimate of drug-likeness (QED) is 0.661. The van der Waals surface area contributed by atoms with Crippen LogP contribution in [0.25, 0.3) is 0 Å². The number of aliphatic hydroxyl groups excluding tert-OH is 1. The van der Waals surface area contributed by atoms with E-state index >= 15 is 0 Å². The molecular weight excluding hydrogens is 344 g/mol. The minimum absolute atomic E-state index is 0.240. The molecule has 9 nitrogen and oxygen atoms in total. The Morgan fingerprint density at radius 3 is 2.04 bits per heavy atom. The average Bonchev–Trinajstić information content (AvgIpc) is 2.63. The molecule has 0 aliphatic carbocycles. The number of β-amino-alcohol motifs (C(OH)–C–C–N with tert-alkyl or cyclic N) is 1. The Hall–Kier alpha value is -2.65. The number of nitrogens with zero attached hydrogens (tertiary/aromatic N) is 2. The normalized spacial score (nSPS) is 15.4. The molecule has 1 fully saturated rings. The van der Waals surface area contributed by atoms with Gasteiger partial charge in [0.15, 0.2) is 0 Å². The van der Waals surface area contributed by atoms with E-state index in [0.717, 1.165) is 18.7 Å². The minimum atomic E-state index is -1.82. The van der Waals surface area contributed by atoms with Gasteiger partial charge in [0, 0.05) is 32.7 Å². The molecule has 3 N–H and O–H groups in total. The van der Waals surface area contributed by atoms with Crippen molar-refractivity contribution in [2.75, 3.05) is 39.3 Å². The van der Waals surface area contributed by atoms with E-state index in [9.17, 15) is 9.90 Å². The van der Waals surface area contributed by atoms with Gasteiger partial charge in [0.05, 0.1) is 12.7 Å². The molecule has 9 heteroatoms. The van der Waals surface area contributed by atoms with Crippen LogP contribution in [0.4, 0.5) is 4.79 Å². The summed E-state index contributed by atoms with van der Waals surface area (Å²) < 4.78 is 4.99. The van der Waals surface area contributed by atoms with Crippen LogP contribution in [-0.4, -0.2) is 82.5 Å². The Morgan fingerprint density at radius 2 is 1.58 bits per heavy atom. The molecule has 1 aliphatic rings. The summed E-state index contributed by atoms with van der Waals surface area (Å²) in [6, 6.07) is 9.65. The zero-order valence-corrected chi connectivity index (χ0v) is 14.6. The van der Waals surface area contributed by atoms with Crippen LogP contribution < -0.4 is 0 Å². The molecule has 1 aromatic rings. The smallest absolute Gasteiger partial charge is 0.414 e. The van der Waals surface area contributed by atoms with Crippen LogP contribution in [0.1, 0.15) is 18.6 Å². The van der Waals surface area contributed by atoms with Crippen LogP contribution in [-0.2, 0) is 14.3 Å². The maximum Gasteiger partial charge on any atom is 0.414 e. The summed E-state index contributed by atoms with van der Waals surface area (Å²) in [4.78, 5) is 33.7. The first-order valence-electron chi connectivity index (χ1n) is 8.18. The highest BCUT2D eigenvalue weighted by Gasteiger charge is 2.23. The number of carbonyl (C=O) groups is 3. The van der Waals surface area contributed by atoms with Gasteiger partial charge in [-0.1, -0.05) is 30.3 Å². The molecule has 1 heterocycles. The summed E-state index contributed by atoms with van der Waals surface area (Å²) in [5.41, 5.74) is 0.931. The van der Waals surface area contributed by atoms with Gasteiger partial charge in [-0.05, 0) is 12.5 Å². The second-order valence-electron chi connectivity index (χ2n) is 5.52. The molecule has 0 spiro atoms. The molecule has 1 aliphatic heterocycles. The highest BCUT2D eigenvalue weighted by atomic mass is 16.6. The van der Waals surface area contributed by atoms with E-state index in [1.54, 1.807) is 4.90 Å². The predicted molar refractivity (Wildman–Crippen MR) is 91.7 cm³/mol. The number of benzene rings is 1. The van der Waals surface area contributed by atoms with E-state index in [4.69, 9.17) is 24.5 Å². The van der Waals surface area contributed by atoms with E-state index in [0.29, 0.717) is 26.2 Å². The largest absolute Gasteiger partial charge is 0.473 e. The van der Waals surface area contributed by atoms with Gasteiger partial charge in [0.25, 0.3) is 0 Å². The predicted octanol–water partition coefficient (Wildman–Crippen LogP) is 0.650. The Bertz CT molecular complexity index is 574. The van der Waals surface area contributed by atoms with Gasteiger partial charge in [-0.15, -0.1) is 0 Å². The standard InChI is InChI=1S/C15H22N2O3.C2H2O4/c1-2-20-15(19)17-10-8-16(9-11-17)12-14(18)13-6-4-3-5-7-13;3-1(4)2(5)6/h3-7,14,18H,2,8-12H2,1H3;(H,3,4)(H,5,6). The van der Waals surface area contributed by atoms with Gasteiger partial charge in [-0.3, -0.25) is 4.90 Å². The first-order chi connectivity index (χ1) is 12.3. The third-order valence-corrected chi connectivity index (χ3v) is 3.70. The molecule has 2 rings (SSSR count). The van der Waals surface area contributed by atoms with Crippen LogP contribution in [0.3, 0.4) is 0 Å². The van der Waals surface area contributed by atoms with Crippen LogP contribution in [0, 0.1) is 0 Å². The fourth-order valence-corrected chi connectivity index (χ4v) is 2.35. The first kappa shape index (κ1) is 21.4. The van der Waals surface area contributed by atoms with Crippen LogP contribution in [0.5, 0.6) is 0 Å². The highest BCUT2D eigenvalue weighted by molar-refractivity contribution is 6.27. The number of ether oxygens (including phenoxy) is 1. The zero-order valence-electron chi connectivity index (χ0n) is 14.6. The molecule has 144 valence electrons. The lowest BCUT2D eigenvalue weighted by Gasteiger charge is -2.35. The minimum Gasteiger partial charge on any atom is -0.473 e. The van der Waals surface area contributed by atoms with Gasteiger partial charge >= 0.3 is 18.0 Å². The van der Waals surface area contributed by atoms with Crippen LogP contribution >= 0.6 is 0 Å². The van der Waals surface area contributed by atoms with Crippen molar-refractivity contribution in [2.45, 2.75) is 13.0 Å². The molecule has 0 aromatic heterocycles. The second kappa shape index (κ2) is 11.1. The molecule has 0 bridgehead atoms. The van der Waals surface area contributed by atoms with Crippen molar-refractivity contribution >= 4 is 18.0 Å². The van der Waals surface area contributed by atoms with Gasteiger partial charge in [-0.25, -0.2) is 14.4 Å². The maximum atomic E-state index is 11.6. The SMILES string of the molecule is CCOC(=O)N1CCN(CC(O)c2ccccc2)CC1.O=C(O)C(=O)O. The van der Waals surface area contributed by atoms with Crippen molar-refractivity contribution in [1.82, 2.24) is 9.80 Å². The van der Waals surface area contributed by atoms with E-state index in [1.165, 1.54) is 0 Å². The molecule has 0 saturated carbocycles. The number of carboxylic acid groups (broad SMARTS) is 2. The number of aliphatic carboxylic acids is 2. The lowest BCUT2D eigenvalue weighted by Crippen LogP contribution is -2.49. The number of aliphatic hydroxyl groups is 1. The lowest BCUT2D eigenvalue weighted by atomic mass is 10.1. The summed E-state index contributed by atoms with van der Waals surface area (Å²) in [5, 5.41) is 25.0. The maximum absolute atomic E-state index is 11.6. The highest BCUT2D eigenvalue weighted by Crippen LogP contribution is 2.15. The topological polar surface area (TPSA) is 128 Å². The Kier molecular flexibility index (Phi) is 9.10. The Labute approximate surface area is 151 Å². The summed E-state index contributed by atoms with van der Waals surface area (Å²) >= 11 is 0. The number of carboxylic acids is 2. The molecule has 1 atom stereocenters. The number of hydrogen-bond acceptors (Lipinski definition) is 6. The van der Waals surface area contributed by atoms with Crippen LogP contribution in [0.2, 0.25) is 0 Å². The fourth-order valence-electron chi connectivity index (χ4n) is 2.35. The third kappa shape index (κ3) is 7.49. The van der Waals surface area contributed by atoms with Crippen molar-refractivity contribution in [3.05, 3.63) is 35.9 Å². The van der Waals surface area contributed by atoms with Crippen molar-refractivity contribution in [1.29, 1.82) is 0 Å². The molecule has 26 heavy (non-hydrogen) atoms.